The fourth-order valence-electron chi connectivity index (χ4n) is 1.86. The topological polar surface area (TPSA) is 55.6 Å². The average Bonchev–Trinajstić information content (AvgIpc) is 2.61. The fourth-order valence-corrected chi connectivity index (χ4v) is 1.86. The summed E-state index contributed by atoms with van der Waals surface area (Å²) in [5, 5.41) is 7.60. The van der Waals surface area contributed by atoms with E-state index in [2.05, 4.69) is 20.4 Å². The van der Waals surface area contributed by atoms with Crippen LogP contribution in [0.25, 0.3) is 0 Å². The minimum absolute atomic E-state index is 0.0925. The van der Waals surface area contributed by atoms with E-state index >= 15 is 0 Å². The summed E-state index contributed by atoms with van der Waals surface area (Å²) in [6.07, 6.45) is 7.19. The van der Waals surface area contributed by atoms with Gasteiger partial charge in [-0.25, -0.2) is 9.97 Å². The zero-order chi connectivity index (χ0) is 11.5. The van der Waals surface area contributed by atoms with Gasteiger partial charge in [-0.1, -0.05) is 0 Å². The van der Waals surface area contributed by atoms with Crippen molar-refractivity contribution in [3.63, 3.8) is 0 Å². The Bertz CT molecular complexity index is 462. The van der Waals surface area contributed by atoms with Gasteiger partial charge in [0.2, 0.25) is 0 Å². The van der Waals surface area contributed by atoms with Crippen molar-refractivity contribution >= 4 is 0 Å². The predicted octanol–water partition coefficient (Wildman–Crippen LogP) is 0.827. The summed E-state index contributed by atoms with van der Waals surface area (Å²) in [4.78, 5) is 8.07. The fraction of sp³-hybridized carbons (Fsp3) is 0.364. The van der Waals surface area contributed by atoms with Crippen LogP contribution in [0.15, 0.2) is 24.9 Å². The van der Waals surface area contributed by atoms with Crippen molar-refractivity contribution < 1.29 is 0 Å². The molecular formula is C11H15N5. The van der Waals surface area contributed by atoms with Crippen molar-refractivity contribution in [3.05, 3.63) is 41.7 Å². The van der Waals surface area contributed by atoms with Gasteiger partial charge in [-0.15, -0.1) is 0 Å². The van der Waals surface area contributed by atoms with Crippen molar-refractivity contribution in [3.8, 4) is 0 Å². The number of nitrogens with zero attached hydrogens (tertiary/aromatic N) is 4. The molecule has 1 unspecified atom stereocenters. The molecule has 84 valence electrons. The summed E-state index contributed by atoms with van der Waals surface area (Å²) in [6, 6.07) is 0.0925. The molecule has 0 amide bonds. The Morgan fingerprint density at radius 2 is 2.00 bits per heavy atom. The van der Waals surface area contributed by atoms with Gasteiger partial charge in [-0.2, -0.15) is 5.10 Å². The summed E-state index contributed by atoms with van der Waals surface area (Å²) < 4.78 is 1.82. The number of nitrogens with one attached hydrogen (secondary N) is 1. The molecule has 0 aliphatic rings. The highest BCUT2D eigenvalue weighted by Gasteiger charge is 2.16. The second-order valence-electron chi connectivity index (χ2n) is 3.74. The molecule has 16 heavy (non-hydrogen) atoms. The molecule has 1 N–H and O–H groups in total. The third kappa shape index (κ3) is 1.94. The normalized spacial score (nSPS) is 12.7. The molecule has 5 heteroatoms. The third-order valence-corrected chi connectivity index (χ3v) is 2.56. The maximum Gasteiger partial charge on any atom is 0.115 e. The molecule has 0 aliphatic heterocycles. The molecule has 0 aromatic carbocycles. The molecule has 2 aromatic heterocycles. The number of hydrogen-bond donors (Lipinski definition) is 1. The van der Waals surface area contributed by atoms with Crippen LogP contribution < -0.4 is 5.32 Å². The Labute approximate surface area is 94.5 Å². The van der Waals surface area contributed by atoms with E-state index in [1.165, 1.54) is 6.33 Å². The second-order valence-corrected chi connectivity index (χ2v) is 3.74. The van der Waals surface area contributed by atoms with E-state index < -0.39 is 0 Å². The van der Waals surface area contributed by atoms with Gasteiger partial charge < -0.3 is 5.32 Å². The summed E-state index contributed by atoms with van der Waals surface area (Å²) >= 11 is 0. The first-order chi connectivity index (χ1) is 7.72. The second kappa shape index (κ2) is 4.40. The van der Waals surface area contributed by atoms with E-state index in [1.54, 1.807) is 0 Å². The lowest BCUT2D eigenvalue weighted by atomic mass is 10.0. The van der Waals surface area contributed by atoms with Crippen LogP contribution >= 0.6 is 0 Å². The number of rotatable bonds is 3. The molecule has 2 aromatic rings. The first-order valence-corrected chi connectivity index (χ1v) is 5.14. The van der Waals surface area contributed by atoms with Gasteiger partial charge in [0.15, 0.2) is 0 Å². The lowest BCUT2D eigenvalue weighted by molar-refractivity contribution is 0.680. The first-order valence-electron chi connectivity index (χ1n) is 5.14. The monoisotopic (exact) mass is 217 g/mol. The Balaban J connectivity index is 2.40. The largest absolute Gasteiger partial charge is 0.309 e. The van der Waals surface area contributed by atoms with Gasteiger partial charge in [-0.3, -0.25) is 4.68 Å². The van der Waals surface area contributed by atoms with Crippen molar-refractivity contribution in [2.75, 3.05) is 7.05 Å². The van der Waals surface area contributed by atoms with Crippen LogP contribution in [0.4, 0.5) is 0 Å². The Morgan fingerprint density at radius 3 is 2.50 bits per heavy atom. The minimum Gasteiger partial charge on any atom is -0.309 e. The molecule has 0 spiro atoms. The zero-order valence-corrected chi connectivity index (χ0v) is 9.68. The molecule has 0 fully saturated rings. The highest BCUT2D eigenvalue weighted by molar-refractivity contribution is 5.29. The van der Waals surface area contributed by atoms with Gasteiger partial charge in [0, 0.05) is 36.8 Å². The number of aromatic nitrogens is 4. The summed E-state index contributed by atoms with van der Waals surface area (Å²) in [7, 11) is 3.84. The van der Waals surface area contributed by atoms with Crippen LogP contribution in [0.1, 0.15) is 22.9 Å². The SMILES string of the molecule is CNC(c1cncnc1)c1cn(C)nc1C. The van der Waals surface area contributed by atoms with Crippen molar-refractivity contribution in [1.29, 1.82) is 0 Å². The van der Waals surface area contributed by atoms with Crippen LogP contribution in [0.3, 0.4) is 0 Å². The molecule has 0 saturated heterocycles. The molecule has 0 bridgehead atoms. The Kier molecular flexibility index (Phi) is 2.96. The van der Waals surface area contributed by atoms with E-state index in [0.29, 0.717) is 0 Å². The molecule has 0 aliphatic carbocycles. The number of hydrogen-bond acceptors (Lipinski definition) is 4. The van der Waals surface area contributed by atoms with E-state index in [9.17, 15) is 0 Å². The Morgan fingerprint density at radius 1 is 1.31 bits per heavy atom. The van der Waals surface area contributed by atoms with E-state index in [1.807, 2.05) is 44.3 Å². The highest BCUT2D eigenvalue weighted by Crippen LogP contribution is 2.22. The Hall–Kier alpha value is -1.75. The van der Waals surface area contributed by atoms with Crippen molar-refractivity contribution in [2.45, 2.75) is 13.0 Å². The quantitative estimate of drug-likeness (QED) is 0.827. The highest BCUT2D eigenvalue weighted by atomic mass is 15.3. The molecule has 0 radical (unpaired) electrons. The zero-order valence-electron chi connectivity index (χ0n) is 9.68. The summed E-state index contributed by atoms with van der Waals surface area (Å²) in [6.45, 7) is 2.00. The molecule has 1 atom stereocenters. The van der Waals surface area contributed by atoms with Gasteiger partial charge in [0.25, 0.3) is 0 Å². The van der Waals surface area contributed by atoms with Crippen molar-refractivity contribution in [2.24, 2.45) is 7.05 Å². The van der Waals surface area contributed by atoms with E-state index in [4.69, 9.17) is 0 Å². The van der Waals surface area contributed by atoms with Gasteiger partial charge in [0.05, 0.1) is 11.7 Å². The van der Waals surface area contributed by atoms with Crippen LogP contribution in [0.5, 0.6) is 0 Å². The summed E-state index contributed by atoms with van der Waals surface area (Å²) in [5.41, 5.74) is 3.21. The third-order valence-electron chi connectivity index (χ3n) is 2.56. The maximum absolute atomic E-state index is 4.34. The van der Waals surface area contributed by atoms with E-state index in [0.717, 1.165) is 16.8 Å². The van der Waals surface area contributed by atoms with Crippen molar-refractivity contribution in [1.82, 2.24) is 25.1 Å². The van der Waals surface area contributed by atoms with Crippen LogP contribution in [0, 0.1) is 6.92 Å². The van der Waals surface area contributed by atoms with Gasteiger partial charge in [0.1, 0.15) is 6.33 Å². The van der Waals surface area contributed by atoms with Gasteiger partial charge >= 0.3 is 0 Å². The molecule has 5 nitrogen and oxygen atoms in total. The van der Waals surface area contributed by atoms with Gasteiger partial charge in [-0.05, 0) is 14.0 Å². The summed E-state index contributed by atoms with van der Waals surface area (Å²) in [5.74, 6) is 0. The minimum atomic E-state index is 0.0925. The van der Waals surface area contributed by atoms with Crippen LogP contribution in [-0.4, -0.2) is 26.8 Å². The first kappa shape index (κ1) is 10.8. The molecule has 2 rings (SSSR count). The maximum atomic E-state index is 4.34. The standard InChI is InChI=1S/C11H15N5/c1-8-10(6-16(3)15-8)11(12-2)9-4-13-7-14-5-9/h4-7,11-12H,1-3H3. The van der Waals surface area contributed by atoms with Crippen LogP contribution in [0.2, 0.25) is 0 Å². The lowest BCUT2D eigenvalue weighted by Gasteiger charge is -2.14. The van der Waals surface area contributed by atoms with E-state index in [-0.39, 0.29) is 6.04 Å². The molecular weight excluding hydrogens is 202 g/mol. The predicted molar refractivity (Wildman–Crippen MR) is 60.9 cm³/mol. The lowest BCUT2D eigenvalue weighted by Crippen LogP contribution is -2.18. The molecule has 2 heterocycles. The smallest absolute Gasteiger partial charge is 0.115 e. The van der Waals surface area contributed by atoms with Crippen LogP contribution in [-0.2, 0) is 7.05 Å². The number of aryl methyl sites for hydroxylation is 2. The average molecular weight is 217 g/mol. The molecule has 0 saturated carbocycles.